The molecule has 3 unspecified atom stereocenters. The van der Waals surface area contributed by atoms with Crippen LogP contribution in [0.5, 0.6) is 5.75 Å². The molecule has 0 radical (unpaired) electrons. The molecule has 3 N–H and O–H groups in total. The summed E-state index contributed by atoms with van der Waals surface area (Å²) in [6, 6.07) is 9.35. The Morgan fingerprint density at radius 2 is 1.94 bits per heavy atom. The summed E-state index contributed by atoms with van der Waals surface area (Å²) in [5.41, 5.74) is 7.82. The zero-order valence-corrected chi connectivity index (χ0v) is 22.1. The predicted molar refractivity (Wildman–Crippen MR) is 142 cm³/mol. The van der Waals surface area contributed by atoms with Crippen LogP contribution in [-0.4, -0.2) is 30.5 Å². The van der Waals surface area contributed by atoms with E-state index < -0.39 is 5.91 Å². The molecule has 1 aliphatic rings. The van der Waals surface area contributed by atoms with E-state index in [-0.39, 0.29) is 28.0 Å². The van der Waals surface area contributed by atoms with Crippen LogP contribution in [0.1, 0.15) is 57.3 Å². The first kappa shape index (κ1) is 26.0. The number of Topliss-reactive ketones (excluding diaryl/α,β-unsaturated/α-hetero) is 1. The van der Waals surface area contributed by atoms with E-state index in [9.17, 15) is 14.7 Å². The highest BCUT2D eigenvalue weighted by Gasteiger charge is 2.34. The number of carbonyl (C=O) groups is 2. The van der Waals surface area contributed by atoms with E-state index >= 15 is 0 Å². The van der Waals surface area contributed by atoms with Gasteiger partial charge >= 0.3 is 0 Å². The fourth-order valence-electron chi connectivity index (χ4n) is 5.13. The number of halogens is 2. The van der Waals surface area contributed by atoms with Gasteiger partial charge in [0.25, 0.3) is 0 Å². The molecule has 1 saturated carbocycles. The van der Waals surface area contributed by atoms with Gasteiger partial charge in [-0.25, -0.2) is 0 Å². The lowest BCUT2D eigenvalue weighted by atomic mass is 9.65. The van der Waals surface area contributed by atoms with Crippen molar-refractivity contribution in [1.82, 2.24) is 0 Å². The van der Waals surface area contributed by atoms with Crippen LogP contribution in [0.25, 0.3) is 10.1 Å². The number of aromatic hydroxyl groups is 1. The molecule has 0 aliphatic heterocycles. The summed E-state index contributed by atoms with van der Waals surface area (Å²) in [5.74, 6) is 1.07. The van der Waals surface area contributed by atoms with Crippen LogP contribution in [0.3, 0.4) is 0 Å². The standard InChI is InChI=1S/C27H29Cl2NO4S/c1-14(13-34-2)18-8-7-17(18)11-15-3-5-16(6-4-15)21(31)9-10-22-23(27(30)33)19-12-20(28)25(32)24(29)26(19)35-22/h3-6,12,14,17-18,32H,7-11,13H2,1-2H3,(H2,30,33). The minimum atomic E-state index is -0.616. The summed E-state index contributed by atoms with van der Waals surface area (Å²) in [5, 5.41) is 10.7. The third-order valence-corrected chi connectivity index (χ3v) is 9.21. The number of amides is 1. The van der Waals surface area contributed by atoms with E-state index in [1.165, 1.54) is 35.8 Å². The monoisotopic (exact) mass is 533 g/mol. The van der Waals surface area contributed by atoms with Gasteiger partial charge in [-0.3, -0.25) is 9.59 Å². The van der Waals surface area contributed by atoms with Gasteiger partial charge in [0, 0.05) is 36.0 Å². The number of nitrogens with two attached hydrogens (primary N) is 1. The van der Waals surface area contributed by atoms with Crippen molar-refractivity contribution in [3.05, 3.63) is 61.9 Å². The van der Waals surface area contributed by atoms with Gasteiger partial charge in [-0.2, -0.15) is 0 Å². The lowest BCUT2D eigenvalue weighted by Gasteiger charge is -2.40. The molecule has 4 rings (SSSR count). The van der Waals surface area contributed by atoms with Crippen LogP contribution in [0.2, 0.25) is 10.0 Å². The Morgan fingerprint density at radius 3 is 2.54 bits per heavy atom. The van der Waals surface area contributed by atoms with Crippen LogP contribution in [-0.2, 0) is 17.6 Å². The number of fused-ring (bicyclic) bond motifs is 1. The molecule has 1 heterocycles. The largest absolute Gasteiger partial charge is 0.505 e. The molecule has 1 aliphatic carbocycles. The maximum absolute atomic E-state index is 12.9. The van der Waals surface area contributed by atoms with Crippen LogP contribution in [0.4, 0.5) is 0 Å². The average molecular weight is 535 g/mol. The van der Waals surface area contributed by atoms with Crippen LogP contribution in [0.15, 0.2) is 30.3 Å². The minimum absolute atomic E-state index is 0.00774. The summed E-state index contributed by atoms with van der Waals surface area (Å²) < 4.78 is 5.85. The summed E-state index contributed by atoms with van der Waals surface area (Å²) in [6.45, 7) is 3.06. The molecular formula is C27H29Cl2NO4S. The lowest BCUT2D eigenvalue weighted by molar-refractivity contribution is 0.0520. The van der Waals surface area contributed by atoms with Gasteiger partial charge in [-0.05, 0) is 55.1 Å². The first-order valence-corrected chi connectivity index (χ1v) is 13.3. The number of methoxy groups -OCH3 is 1. The van der Waals surface area contributed by atoms with Crippen molar-refractivity contribution in [2.24, 2.45) is 23.5 Å². The summed E-state index contributed by atoms with van der Waals surface area (Å²) in [4.78, 5) is 25.7. The second kappa shape index (κ2) is 10.9. The molecule has 3 aromatic rings. The number of rotatable bonds is 10. The molecule has 0 bridgehead atoms. The van der Waals surface area contributed by atoms with Crippen molar-refractivity contribution in [3.63, 3.8) is 0 Å². The number of hydrogen-bond acceptors (Lipinski definition) is 5. The number of phenolic OH excluding ortho intramolecular Hbond substituents is 1. The molecule has 1 aromatic heterocycles. The summed E-state index contributed by atoms with van der Waals surface area (Å²) in [6.07, 6.45) is 4.09. The topological polar surface area (TPSA) is 89.6 Å². The van der Waals surface area contributed by atoms with Crippen molar-refractivity contribution in [2.75, 3.05) is 13.7 Å². The molecule has 1 amide bonds. The number of ketones is 1. The van der Waals surface area contributed by atoms with Crippen molar-refractivity contribution in [3.8, 4) is 5.75 Å². The van der Waals surface area contributed by atoms with Gasteiger partial charge in [-0.1, -0.05) is 54.4 Å². The van der Waals surface area contributed by atoms with Crippen LogP contribution in [0, 0.1) is 17.8 Å². The summed E-state index contributed by atoms with van der Waals surface area (Å²) in [7, 11) is 1.75. The fraction of sp³-hybridized carbons (Fsp3) is 0.407. The van der Waals surface area contributed by atoms with Gasteiger partial charge in [0.1, 0.15) is 5.02 Å². The minimum Gasteiger partial charge on any atom is -0.505 e. The fourth-order valence-corrected chi connectivity index (χ4v) is 6.92. The van der Waals surface area contributed by atoms with E-state index in [0.29, 0.717) is 50.3 Å². The van der Waals surface area contributed by atoms with Gasteiger partial charge in [-0.15, -0.1) is 11.3 Å². The van der Waals surface area contributed by atoms with E-state index in [2.05, 4.69) is 6.92 Å². The van der Waals surface area contributed by atoms with E-state index in [1.807, 2.05) is 24.3 Å². The summed E-state index contributed by atoms with van der Waals surface area (Å²) >= 11 is 13.5. The number of primary amides is 1. The second-order valence-corrected chi connectivity index (χ2v) is 11.3. The number of carbonyl (C=O) groups excluding carboxylic acids is 2. The van der Waals surface area contributed by atoms with Crippen molar-refractivity contribution < 1.29 is 19.4 Å². The third-order valence-electron chi connectivity index (χ3n) is 7.16. The highest BCUT2D eigenvalue weighted by molar-refractivity contribution is 7.20. The SMILES string of the molecule is COCC(C)C1CCC1Cc1ccc(C(=O)CCc2sc3c(Cl)c(O)c(Cl)cc3c2C(N)=O)cc1. The Labute approximate surface area is 219 Å². The normalized spacial score (nSPS) is 18.4. The molecule has 5 nitrogen and oxygen atoms in total. The quantitative estimate of drug-likeness (QED) is 0.284. The number of aryl methyl sites for hydroxylation is 1. The number of hydrogen-bond donors (Lipinski definition) is 2. The molecule has 0 spiro atoms. The lowest BCUT2D eigenvalue weighted by Crippen LogP contribution is -2.34. The first-order chi connectivity index (χ1) is 16.7. The van der Waals surface area contributed by atoms with Crippen molar-refractivity contribution >= 4 is 56.3 Å². The molecule has 2 aromatic carbocycles. The van der Waals surface area contributed by atoms with Crippen LogP contribution >= 0.6 is 34.5 Å². The molecule has 0 saturated heterocycles. The van der Waals surface area contributed by atoms with Gasteiger partial charge in [0.15, 0.2) is 11.5 Å². The molecule has 1 fully saturated rings. The van der Waals surface area contributed by atoms with E-state index in [4.69, 9.17) is 33.7 Å². The number of benzene rings is 2. The maximum Gasteiger partial charge on any atom is 0.250 e. The smallest absolute Gasteiger partial charge is 0.250 e. The Bertz CT molecular complexity index is 1250. The number of phenols is 1. The van der Waals surface area contributed by atoms with Gasteiger partial charge in [0.05, 0.1) is 15.3 Å². The van der Waals surface area contributed by atoms with Crippen molar-refractivity contribution in [1.29, 1.82) is 0 Å². The first-order valence-electron chi connectivity index (χ1n) is 11.7. The molecular weight excluding hydrogens is 505 g/mol. The predicted octanol–water partition coefficient (Wildman–Crippen LogP) is 6.68. The molecule has 8 heteroatoms. The highest BCUT2D eigenvalue weighted by Crippen LogP contribution is 2.45. The number of ether oxygens (including phenoxy) is 1. The Kier molecular flexibility index (Phi) is 8.06. The van der Waals surface area contributed by atoms with E-state index in [1.54, 1.807) is 7.11 Å². The average Bonchev–Trinajstić information content (AvgIpc) is 3.18. The maximum atomic E-state index is 12.9. The van der Waals surface area contributed by atoms with Gasteiger partial charge < -0.3 is 15.6 Å². The zero-order valence-electron chi connectivity index (χ0n) is 19.8. The Hall–Kier alpha value is -2.12. The Balaban J connectivity index is 1.43. The zero-order chi connectivity index (χ0) is 25.3. The van der Waals surface area contributed by atoms with Gasteiger partial charge in [0.2, 0.25) is 5.91 Å². The van der Waals surface area contributed by atoms with E-state index in [0.717, 1.165) is 13.0 Å². The Morgan fingerprint density at radius 1 is 1.23 bits per heavy atom. The molecule has 35 heavy (non-hydrogen) atoms. The second-order valence-electron chi connectivity index (χ2n) is 9.42. The highest BCUT2D eigenvalue weighted by atomic mass is 35.5. The van der Waals surface area contributed by atoms with Crippen LogP contribution < -0.4 is 5.73 Å². The molecule has 3 atom stereocenters. The third kappa shape index (κ3) is 5.36. The number of thiophene rings is 1. The molecule has 186 valence electrons. The van der Waals surface area contributed by atoms with Crippen molar-refractivity contribution in [2.45, 2.75) is 39.0 Å².